The van der Waals surface area contributed by atoms with E-state index in [0.717, 1.165) is 16.8 Å². The van der Waals surface area contributed by atoms with E-state index in [0.29, 0.717) is 30.3 Å². The van der Waals surface area contributed by atoms with E-state index >= 15 is 0 Å². The Morgan fingerprint density at radius 2 is 1.97 bits per heavy atom. The summed E-state index contributed by atoms with van der Waals surface area (Å²) < 4.78 is 56.1. The van der Waals surface area contributed by atoms with Crippen LogP contribution in [0.3, 0.4) is 0 Å². The summed E-state index contributed by atoms with van der Waals surface area (Å²) in [6.45, 7) is 0.269. The zero-order valence-corrected chi connectivity index (χ0v) is 23.9. The van der Waals surface area contributed by atoms with Crippen molar-refractivity contribution in [3.05, 3.63) is 47.7 Å². The highest BCUT2D eigenvalue weighted by Crippen LogP contribution is 2.40. The number of pyridine rings is 1. The molecule has 14 heteroatoms. The number of nitrogens with zero attached hydrogens (tertiary/aromatic N) is 2. The molecule has 1 heterocycles. The van der Waals surface area contributed by atoms with Gasteiger partial charge in [0.15, 0.2) is 20.6 Å². The monoisotopic (exact) mass is 600 g/mol. The van der Waals surface area contributed by atoms with Crippen molar-refractivity contribution in [1.82, 2.24) is 10.3 Å². The van der Waals surface area contributed by atoms with Crippen molar-refractivity contribution < 1.29 is 25.8 Å². The van der Waals surface area contributed by atoms with Crippen LogP contribution in [0.1, 0.15) is 25.7 Å². The lowest BCUT2D eigenvalue weighted by Crippen LogP contribution is -2.57. The van der Waals surface area contributed by atoms with Gasteiger partial charge in [-0.05, 0) is 55.7 Å². The Bertz CT molecular complexity index is 1380. The molecule has 1 fully saturated rings. The standard InChI is InChI=1S/C24H29ClN4O6S3/c1-37(31,32)35-24(23(30)29-14-12-26)11-3-2-5-18(24)17-38(33,34)20-9-7-19(8-10-20)36-16-15-27-21-6-4-13-28-22(21)25/h4,6-10,13,18,27H,2-3,5,11,14-17H2,1H3,(H,29,30). The maximum absolute atomic E-state index is 13.3. The van der Waals surface area contributed by atoms with Crippen LogP contribution < -0.4 is 10.6 Å². The van der Waals surface area contributed by atoms with Crippen LogP contribution in [-0.2, 0) is 28.9 Å². The third-order valence-electron chi connectivity index (χ3n) is 6.07. The van der Waals surface area contributed by atoms with E-state index in [9.17, 15) is 21.6 Å². The molecule has 0 aliphatic heterocycles. The number of sulfone groups is 1. The van der Waals surface area contributed by atoms with Crippen LogP contribution in [0.5, 0.6) is 0 Å². The number of amides is 1. The summed E-state index contributed by atoms with van der Waals surface area (Å²) >= 11 is 7.56. The molecule has 1 saturated carbocycles. The molecule has 1 amide bonds. The van der Waals surface area contributed by atoms with Crippen LogP contribution in [0.4, 0.5) is 5.69 Å². The predicted molar refractivity (Wildman–Crippen MR) is 146 cm³/mol. The number of halogens is 1. The number of aromatic nitrogens is 1. The lowest BCUT2D eigenvalue weighted by molar-refractivity contribution is -0.143. The van der Waals surface area contributed by atoms with Crippen LogP contribution in [-0.4, -0.2) is 64.2 Å². The fourth-order valence-corrected chi connectivity index (χ4v) is 7.90. The van der Waals surface area contributed by atoms with Gasteiger partial charge < -0.3 is 10.6 Å². The Labute approximate surface area is 232 Å². The number of carbonyl (C=O) groups is 1. The smallest absolute Gasteiger partial charge is 0.265 e. The van der Waals surface area contributed by atoms with E-state index < -0.39 is 43.1 Å². The Hall–Kier alpha value is -2.37. The molecule has 1 aliphatic rings. The van der Waals surface area contributed by atoms with Crippen molar-refractivity contribution >= 4 is 54.9 Å². The summed E-state index contributed by atoms with van der Waals surface area (Å²) in [5.41, 5.74) is -1.16. The minimum atomic E-state index is -4.10. The molecule has 3 rings (SSSR count). The zero-order valence-electron chi connectivity index (χ0n) is 20.7. The average molecular weight is 601 g/mol. The molecule has 1 aromatic heterocycles. The third-order valence-corrected chi connectivity index (χ3v) is 9.82. The molecule has 0 saturated heterocycles. The first kappa shape index (κ1) is 30.2. The van der Waals surface area contributed by atoms with Gasteiger partial charge in [0.05, 0.1) is 28.7 Å². The number of nitriles is 1. The number of hydrogen-bond donors (Lipinski definition) is 2. The second kappa shape index (κ2) is 13.1. The van der Waals surface area contributed by atoms with Gasteiger partial charge in [-0.15, -0.1) is 11.8 Å². The average Bonchev–Trinajstić information content (AvgIpc) is 2.86. The molecular weight excluding hydrogens is 572 g/mol. The van der Waals surface area contributed by atoms with E-state index in [2.05, 4.69) is 15.6 Å². The van der Waals surface area contributed by atoms with Gasteiger partial charge in [-0.3, -0.25) is 8.98 Å². The van der Waals surface area contributed by atoms with E-state index in [1.165, 1.54) is 23.9 Å². The van der Waals surface area contributed by atoms with E-state index in [4.69, 9.17) is 21.0 Å². The highest BCUT2D eigenvalue weighted by molar-refractivity contribution is 7.99. The number of nitrogens with one attached hydrogen (secondary N) is 2. The van der Waals surface area contributed by atoms with Crippen LogP contribution in [0, 0.1) is 17.2 Å². The molecule has 1 aliphatic carbocycles. The fourth-order valence-electron chi connectivity index (χ4n) is 4.40. The molecular formula is C24H29ClN4O6S3. The van der Waals surface area contributed by atoms with Crippen molar-refractivity contribution in [3.8, 4) is 6.07 Å². The van der Waals surface area contributed by atoms with Crippen molar-refractivity contribution in [2.24, 2.45) is 5.92 Å². The molecule has 206 valence electrons. The van der Waals surface area contributed by atoms with Crippen molar-refractivity contribution in [2.45, 2.75) is 41.1 Å². The summed E-state index contributed by atoms with van der Waals surface area (Å²) in [4.78, 5) is 17.9. The largest absolute Gasteiger partial charge is 0.382 e. The first-order chi connectivity index (χ1) is 18.0. The fraction of sp³-hybridized carbons (Fsp3) is 0.458. The summed E-state index contributed by atoms with van der Waals surface area (Å²) in [7, 11) is -7.99. The molecule has 0 spiro atoms. The second-order valence-electron chi connectivity index (χ2n) is 8.83. The summed E-state index contributed by atoms with van der Waals surface area (Å²) in [5.74, 6) is -1.47. The number of rotatable bonds is 12. The molecule has 2 unspecified atom stereocenters. The van der Waals surface area contributed by atoms with Crippen LogP contribution in [0.2, 0.25) is 5.15 Å². The van der Waals surface area contributed by atoms with E-state index in [-0.39, 0.29) is 24.3 Å². The molecule has 0 radical (unpaired) electrons. The quantitative estimate of drug-likeness (QED) is 0.122. The SMILES string of the molecule is CS(=O)(=O)OC1(C(=O)NCC#N)CCCCC1CS(=O)(=O)c1ccc(SCCNc2cccnc2Cl)cc1. The molecule has 10 nitrogen and oxygen atoms in total. The number of thioether (sulfide) groups is 1. The van der Waals surface area contributed by atoms with Crippen molar-refractivity contribution in [3.63, 3.8) is 0 Å². The van der Waals surface area contributed by atoms with Crippen molar-refractivity contribution in [2.75, 3.05) is 36.2 Å². The molecule has 1 aromatic carbocycles. The van der Waals surface area contributed by atoms with Gasteiger partial charge in [0, 0.05) is 29.3 Å². The predicted octanol–water partition coefficient (Wildman–Crippen LogP) is 3.26. The van der Waals surface area contributed by atoms with Gasteiger partial charge in [0.1, 0.15) is 6.54 Å². The highest BCUT2D eigenvalue weighted by Gasteiger charge is 2.52. The Kier molecular flexibility index (Phi) is 10.4. The minimum Gasteiger partial charge on any atom is -0.382 e. The second-order valence-corrected chi connectivity index (χ2v) is 14.0. The topological polar surface area (TPSA) is 155 Å². The molecule has 2 atom stereocenters. The molecule has 2 aromatic rings. The number of carbonyl (C=O) groups excluding carboxylic acids is 1. The summed E-state index contributed by atoms with van der Waals surface area (Å²) in [6.07, 6.45) is 3.86. The van der Waals surface area contributed by atoms with Gasteiger partial charge in [0.2, 0.25) is 0 Å². The minimum absolute atomic E-state index is 0.0331. The van der Waals surface area contributed by atoms with Crippen LogP contribution in [0.25, 0.3) is 0 Å². The Balaban J connectivity index is 1.70. The Morgan fingerprint density at radius 3 is 2.63 bits per heavy atom. The summed E-state index contributed by atoms with van der Waals surface area (Å²) in [6, 6.07) is 11.8. The van der Waals surface area contributed by atoms with Crippen LogP contribution >= 0.6 is 23.4 Å². The molecule has 38 heavy (non-hydrogen) atoms. The van der Waals surface area contributed by atoms with Gasteiger partial charge in [-0.1, -0.05) is 18.0 Å². The maximum Gasteiger partial charge on any atom is 0.265 e. The Morgan fingerprint density at radius 1 is 1.24 bits per heavy atom. The number of anilines is 1. The van der Waals surface area contributed by atoms with Gasteiger partial charge in [-0.25, -0.2) is 13.4 Å². The normalized spacial score (nSPS) is 19.9. The third kappa shape index (κ3) is 8.07. The molecule has 2 N–H and O–H groups in total. The zero-order chi connectivity index (χ0) is 27.8. The molecule has 0 bridgehead atoms. The van der Waals surface area contributed by atoms with Crippen LogP contribution in [0.15, 0.2) is 52.4 Å². The lowest BCUT2D eigenvalue weighted by atomic mass is 9.75. The first-order valence-corrected chi connectivity index (χ1v) is 16.7. The maximum atomic E-state index is 13.3. The van der Waals surface area contributed by atoms with Gasteiger partial charge in [0.25, 0.3) is 16.0 Å². The first-order valence-electron chi connectivity index (χ1n) is 11.8. The highest BCUT2D eigenvalue weighted by atomic mass is 35.5. The van der Waals surface area contributed by atoms with Crippen molar-refractivity contribution in [1.29, 1.82) is 5.26 Å². The lowest BCUT2D eigenvalue weighted by Gasteiger charge is -2.41. The summed E-state index contributed by atoms with van der Waals surface area (Å²) in [5, 5.41) is 14.8. The van der Waals surface area contributed by atoms with Gasteiger partial charge >= 0.3 is 0 Å². The van der Waals surface area contributed by atoms with Gasteiger partial charge in [-0.2, -0.15) is 13.7 Å². The van der Waals surface area contributed by atoms with E-state index in [1.807, 2.05) is 6.07 Å². The van der Waals surface area contributed by atoms with E-state index in [1.54, 1.807) is 30.5 Å². The number of hydrogen-bond acceptors (Lipinski definition) is 10. The number of benzene rings is 1.